The van der Waals surface area contributed by atoms with Crippen LogP contribution in [0.25, 0.3) is 0 Å². The van der Waals surface area contributed by atoms with E-state index >= 15 is 0 Å². The fourth-order valence-corrected chi connectivity index (χ4v) is 1.84. The van der Waals surface area contributed by atoms with Crippen molar-refractivity contribution < 1.29 is 14.3 Å². The molecule has 0 saturated carbocycles. The summed E-state index contributed by atoms with van der Waals surface area (Å²) in [5, 5.41) is 2.26. The van der Waals surface area contributed by atoms with E-state index < -0.39 is 6.10 Å². The third-order valence-corrected chi connectivity index (χ3v) is 2.72. The van der Waals surface area contributed by atoms with Crippen molar-refractivity contribution in [2.24, 2.45) is 0 Å². The highest BCUT2D eigenvalue weighted by Crippen LogP contribution is 2.30. The molecule has 2 heterocycles. The van der Waals surface area contributed by atoms with Crippen molar-refractivity contribution >= 4 is 11.9 Å². The number of benzene rings is 1. The summed E-state index contributed by atoms with van der Waals surface area (Å²) in [7, 11) is 0. The highest BCUT2D eigenvalue weighted by atomic mass is 16.6. The molecule has 0 aliphatic carbocycles. The molecule has 2 atom stereocenters. The zero-order chi connectivity index (χ0) is 11.1. The van der Waals surface area contributed by atoms with Crippen LogP contribution in [0.4, 0.5) is 4.79 Å². The van der Waals surface area contributed by atoms with E-state index in [1.54, 1.807) is 0 Å². The lowest BCUT2D eigenvalue weighted by Crippen LogP contribution is -2.51. The van der Waals surface area contributed by atoms with Crippen LogP contribution in [0.1, 0.15) is 5.56 Å². The first kappa shape index (κ1) is 9.35. The molecule has 2 unspecified atom stereocenters. The van der Waals surface area contributed by atoms with Crippen LogP contribution >= 0.6 is 0 Å². The zero-order valence-corrected chi connectivity index (χ0v) is 8.42. The molecule has 82 valence electrons. The smallest absolute Gasteiger partial charge is 0.326 e. The monoisotopic (exact) mass is 218 g/mol. The van der Waals surface area contributed by atoms with Crippen LogP contribution < -0.4 is 5.32 Å². The second kappa shape index (κ2) is 3.31. The van der Waals surface area contributed by atoms with E-state index in [1.807, 2.05) is 30.3 Å². The van der Waals surface area contributed by atoms with Gasteiger partial charge in [0, 0.05) is 0 Å². The van der Waals surface area contributed by atoms with E-state index in [-0.39, 0.29) is 18.2 Å². The van der Waals surface area contributed by atoms with Gasteiger partial charge in [-0.2, -0.15) is 0 Å². The van der Waals surface area contributed by atoms with Crippen molar-refractivity contribution in [3.63, 3.8) is 0 Å². The Bertz CT molecular complexity index is 446. The molecule has 2 aliphatic rings. The van der Waals surface area contributed by atoms with Gasteiger partial charge in [-0.15, -0.1) is 0 Å². The van der Waals surface area contributed by atoms with Gasteiger partial charge < -0.3 is 4.74 Å². The Balaban J connectivity index is 1.76. The zero-order valence-electron chi connectivity index (χ0n) is 8.42. The second-order valence-corrected chi connectivity index (χ2v) is 3.86. The van der Waals surface area contributed by atoms with Crippen LogP contribution in [0.15, 0.2) is 30.3 Å². The van der Waals surface area contributed by atoms with Gasteiger partial charge in [-0.25, -0.2) is 4.79 Å². The van der Waals surface area contributed by atoms with Crippen molar-refractivity contribution in [1.82, 2.24) is 10.2 Å². The molecule has 16 heavy (non-hydrogen) atoms. The summed E-state index contributed by atoms with van der Waals surface area (Å²) in [5.41, 5.74) is 1.02. The maximum Gasteiger partial charge on any atom is 0.326 e. The van der Waals surface area contributed by atoms with Crippen LogP contribution in [0.2, 0.25) is 0 Å². The van der Waals surface area contributed by atoms with Crippen LogP contribution in [-0.2, 0) is 16.1 Å². The topological polar surface area (TPSA) is 61.9 Å². The average molecular weight is 218 g/mol. The third kappa shape index (κ3) is 1.45. The Hall–Kier alpha value is -1.88. The fourth-order valence-electron chi connectivity index (χ4n) is 1.84. The minimum absolute atomic E-state index is 0.334. The van der Waals surface area contributed by atoms with Gasteiger partial charge in [0.1, 0.15) is 0 Å². The van der Waals surface area contributed by atoms with E-state index in [0.29, 0.717) is 6.54 Å². The summed E-state index contributed by atoms with van der Waals surface area (Å²) in [4.78, 5) is 24.2. The van der Waals surface area contributed by atoms with Gasteiger partial charge in [0.25, 0.3) is 5.91 Å². The van der Waals surface area contributed by atoms with Crippen LogP contribution in [0.5, 0.6) is 0 Å². The maximum atomic E-state index is 11.6. The molecule has 2 fully saturated rings. The molecule has 1 N–H and O–H groups in total. The molecule has 3 amide bonds. The number of carbonyl (C=O) groups excluding carboxylic acids is 2. The van der Waals surface area contributed by atoms with Crippen molar-refractivity contribution in [3.05, 3.63) is 35.9 Å². The van der Waals surface area contributed by atoms with E-state index in [4.69, 9.17) is 4.74 Å². The van der Waals surface area contributed by atoms with Crippen molar-refractivity contribution in [1.29, 1.82) is 0 Å². The number of fused-ring (bicyclic) bond motifs is 1. The number of nitrogens with one attached hydrogen (secondary N) is 1. The summed E-state index contributed by atoms with van der Waals surface area (Å²) in [6, 6.07) is 9.22. The van der Waals surface area contributed by atoms with Crippen molar-refractivity contribution in [2.75, 3.05) is 0 Å². The lowest BCUT2D eigenvalue weighted by atomic mass is 10.2. The number of nitrogens with zero attached hydrogens (tertiary/aromatic N) is 1. The summed E-state index contributed by atoms with van der Waals surface area (Å²) in [5.74, 6) is -0.334. The normalized spacial score (nSPS) is 27.4. The van der Waals surface area contributed by atoms with Crippen molar-refractivity contribution in [3.8, 4) is 0 Å². The SMILES string of the molecule is O=C1NC(=O)N(Cc2ccccc2)C2OC12. The van der Waals surface area contributed by atoms with E-state index in [0.717, 1.165) is 5.56 Å². The lowest BCUT2D eigenvalue weighted by molar-refractivity contribution is -0.121. The summed E-state index contributed by atoms with van der Waals surface area (Å²) in [6.07, 6.45) is -0.845. The highest BCUT2D eigenvalue weighted by Gasteiger charge is 2.55. The van der Waals surface area contributed by atoms with Gasteiger partial charge in [0.05, 0.1) is 6.54 Å². The third-order valence-electron chi connectivity index (χ3n) is 2.72. The molecule has 5 nitrogen and oxygen atoms in total. The predicted molar refractivity (Wildman–Crippen MR) is 54.2 cm³/mol. The van der Waals surface area contributed by atoms with Crippen LogP contribution in [0.3, 0.4) is 0 Å². The minimum Gasteiger partial charge on any atom is -0.337 e. The molecular formula is C11H10N2O3. The number of rotatable bonds is 2. The predicted octanol–water partition coefficient (Wildman–Crippen LogP) is 0.463. The molecular weight excluding hydrogens is 208 g/mol. The summed E-state index contributed by atoms with van der Waals surface area (Å²) in [6.45, 7) is 0.459. The largest absolute Gasteiger partial charge is 0.337 e. The molecule has 5 heteroatoms. The Kier molecular flexibility index (Phi) is 1.94. The van der Waals surface area contributed by atoms with Gasteiger partial charge in [-0.05, 0) is 5.56 Å². The number of imide groups is 1. The average Bonchev–Trinajstić information content (AvgIpc) is 3.06. The summed E-state index contributed by atoms with van der Waals surface area (Å²) < 4.78 is 5.14. The number of hydrogen-bond donors (Lipinski definition) is 1. The number of ether oxygens (including phenoxy) is 1. The molecule has 0 spiro atoms. The Labute approximate surface area is 92.0 Å². The fraction of sp³-hybridized carbons (Fsp3) is 0.273. The van der Waals surface area contributed by atoms with Gasteiger partial charge in [0.2, 0.25) is 0 Å². The van der Waals surface area contributed by atoms with Gasteiger partial charge >= 0.3 is 6.03 Å². The number of amides is 3. The first-order valence-corrected chi connectivity index (χ1v) is 5.06. The summed E-state index contributed by atoms with van der Waals surface area (Å²) >= 11 is 0. The number of hydrogen-bond acceptors (Lipinski definition) is 3. The molecule has 0 radical (unpaired) electrons. The maximum absolute atomic E-state index is 11.6. The number of carbonyl (C=O) groups is 2. The highest BCUT2D eigenvalue weighted by molar-refractivity contribution is 6.01. The molecule has 3 rings (SSSR count). The molecule has 1 aromatic carbocycles. The molecule has 0 bridgehead atoms. The molecule has 0 aromatic heterocycles. The van der Waals surface area contributed by atoms with Gasteiger partial charge in [-0.3, -0.25) is 15.0 Å². The molecule has 1 aromatic rings. The quantitative estimate of drug-likeness (QED) is 0.734. The Morgan fingerprint density at radius 2 is 2.00 bits per heavy atom. The standard InChI is InChI=1S/C11H10N2O3/c14-9-8-10(16-8)13(11(15)12-9)6-7-4-2-1-3-5-7/h1-5,8,10H,6H2,(H,12,14,15). The first-order valence-electron chi connectivity index (χ1n) is 5.06. The Morgan fingerprint density at radius 1 is 1.25 bits per heavy atom. The van der Waals surface area contributed by atoms with Crippen LogP contribution in [0, 0.1) is 0 Å². The van der Waals surface area contributed by atoms with Crippen molar-refractivity contribution in [2.45, 2.75) is 18.9 Å². The number of urea groups is 1. The lowest BCUT2D eigenvalue weighted by Gasteiger charge is -2.23. The van der Waals surface area contributed by atoms with Gasteiger partial charge in [0.15, 0.2) is 12.3 Å². The van der Waals surface area contributed by atoms with E-state index in [1.165, 1.54) is 4.90 Å². The molecule has 2 aliphatic heterocycles. The first-order chi connectivity index (χ1) is 7.75. The van der Waals surface area contributed by atoms with Gasteiger partial charge in [-0.1, -0.05) is 30.3 Å². The van der Waals surface area contributed by atoms with E-state index in [2.05, 4.69) is 5.32 Å². The molecule has 2 saturated heterocycles. The van der Waals surface area contributed by atoms with E-state index in [9.17, 15) is 9.59 Å². The second-order valence-electron chi connectivity index (χ2n) is 3.86. The number of epoxide rings is 1. The van der Waals surface area contributed by atoms with Crippen LogP contribution in [-0.4, -0.2) is 29.2 Å². The minimum atomic E-state index is -0.471. The Morgan fingerprint density at radius 3 is 2.75 bits per heavy atom.